The minimum atomic E-state index is -0.140. The summed E-state index contributed by atoms with van der Waals surface area (Å²) < 4.78 is 13.2. The quantitative estimate of drug-likeness (QED) is 0.730. The van der Waals surface area contributed by atoms with Crippen LogP contribution in [0.4, 0.5) is 4.39 Å². The number of hydrogen-bond donors (Lipinski definition) is 0. The van der Waals surface area contributed by atoms with Crippen LogP contribution in [0, 0.1) is 5.82 Å². The van der Waals surface area contributed by atoms with Gasteiger partial charge < -0.3 is 0 Å². The van der Waals surface area contributed by atoms with Gasteiger partial charge in [0.25, 0.3) is 0 Å². The van der Waals surface area contributed by atoms with Gasteiger partial charge in [-0.2, -0.15) is 0 Å². The maximum absolute atomic E-state index is 13.2. The molecule has 1 aromatic heterocycles. The van der Waals surface area contributed by atoms with Crippen LogP contribution in [0.25, 0.3) is 11.6 Å². The van der Waals surface area contributed by atoms with Crippen LogP contribution in [0.15, 0.2) is 42.7 Å². The zero-order valence-corrected chi connectivity index (χ0v) is 10.1. The highest BCUT2D eigenvalue weighted by Crippen LogP contribution is 2.32. The second kappa shape index (κ2) is 4.73. The molecule has 1 aromatic carbocycles. The molecular formula is C16H14FN. The zero-order chi connectivity index (χ0) is 12.4. The number of rotatable bonds is 1. The first kappa shape index (κ1) is 11.1. The SMILES string of the molecule is Fc1ccc2c(c1)CCC/C2=C\c1ccncc1. The minimum absolute atomic E-state index is 0.140. The normalized spacial score (nSPS) is 16.6. The van der Waals surface area contributed by atoms with E-state index in [9.17, 15) is 4.39 Å². The predicted molar refractivity (Wildman–Crippen MR) is 71.4 cm³/mol. The molecule has 0 atom stereocenters. The van der Waals surface area contributed by atoms with Gasteiger partial charge in [-0.05, 0) is 65.8 Å². The third-order valence-corrected chi connectivity index (χ3v) is 3.35. The Morgan fingerprint density at radius 3 is 2.72 bits per heavy atom. The van der Waals surface area contributed by atoms with Crippen molar-refractivity contribution < 1.29 is 4.39 Å². The van der Waals surface area contributed by atoms with Gasteiger partial charge in [-0.15, -0.1) is 0 Å². The lowest BCUT2D eigenvalue weighted by atomic mass is 9.86. The van der Waals surface area contributed by atoms with Crippen molar-refractivity contribution >= 4 is 11.6 Å². The van der Waals surface area contributed by atoms with Gasteiger partial charge in [0.1, 0.15) is 5.82 Å². The van der Waals surface area contributed by atoms with Crippen molar-refractivity contribution in [3.05, 3.63) is 65.2 Å². The number of aromatic nitrogens is 1. The number of hydrogen-bond acceptors (Lipinski definition) is 1. The van der Waals surface area contributed by atoms with E-state index in [1.165, 1.54) is 11.1 Å². The molecule has 0 radical (unpaired) electrons. The largest absolute Gasteiger partial charge is 0.265 e. The van der Waals surface area contributed by atoms with Crippen molar-refractivity contribution in [2.24, 2.45) is 0 Å². The topological polar surface area (TPSA) is 12.9 Å². The molecule has 0 amide bonds. The molecule has 0 bridgehead atoms. The minimum Gasteiger partial charge on any atom is -0.265 e. The third-order valence-electron chi connectivity index (χ3n) is 3.35. The van der Waals surface area contributed by atoms with E-state index >= 15 is 0 Å². The fraction of sp³-hybridized carbons (Fsp3) is 0.188. The highest BCUT2D eigenvalue weighted by atomic mass is 19.1. The second-order valence-electron chi connectivity index (χ2n) is 4.61. The molecule has 18 heavy (non-hydrogen) atoms. The van der Waals surface area contributed by atoms with Crippen molar-refractivity contribution in [3.63, 3.8) is 0 Å². The van der Waals surface area contributed by atoms with Gasteiger partial charge in [0.2, 0.25) is 0 Å². The van der Waals surface area contributed by atoms with Crippen LogP contribution in [0.5, 0.6) is 0 Å². The number of pyridine rings is 1. The lowest BCUT2D eigenvalue weighted by molar-refractivity contribution is 0.623. The number of fused-ring (bicyclic) bond motifs is 1. The van der Waals surface area contributed by atoms with Gasteiger partial charge in [-0.3, -0.25) is 4.98 Å². The summed E-state index contributed by atoms with van der Waals surface area (Å²) in [5, 5.41) is 0. The van der Waals surface area contributed by atoms with E-state index in [1.54, 1.807) is 24.5 Å². The monoisotopic (exact) mass is 239 g/mol. The van der Waals surface area contributed by atoms with Gasteiger partial charge in [-0.1, -0.05) is 12.1 Å². The van der Waals surface area contributed by atoms with Crippen LogP contribution in [-0.2, 0) is 6.42 Å². The molecule has 2 heteroatoms. The van der Waals surface area contributed by atoms with Crippen LogP contribution in [0.1, 0.15) is 29.5 Å². The molecule has 1 aliphatic rings. The van der Waals surface area contributed by atoms with E-state index in [4.69, 9.17) is 0 Å². The van der Waals surface area contributed by atoms with Crippen LogP contribution in [-0.4, -0.2) is 4.98 Å². The van der Waals surface area contributed by atoms with Crippen LogP contribution in [0.3, 0.4) is 0 Å². The fourth-order valence-electron chi connectivity index (χ4n) is 2.50. The summed E-state index contributed by atoms with van der Waals surface area (Å²) in [6, 6.07) is 9.09. The number of nitrogens with zero attached hydrogens (tertiary/aromatic N) is 1. The molecule has 1 nitrogen and oxygen atoms in total. The van der Waals surface area contributed by atoms with Crippen molar-refractivity contribution in [3.8, 4) is 0 Å². The molecule has 1 aliphatic carbocycles. The molecule has 0 aliphatic heterocycles. The Labute approximate surface area is 106 Å². The first-order chi connectivity index (χ1) is 8.83. The van der Waals surface area contributed by atoms with E-state index < -0.39 is 0 Å². The lowest BCUT2D eigenvalue weighted by Crippen LogP contribution is -2.02. The van der Waals surface area contributed by atoms with E-state index in [-0.39, 0.29) is 5.82 Å². The average Bonchev–Trinajstić information content (AvgIpc) is 2.40. The predicted octanol–water partition coefficient (Wildman–Crippen LogP) is 4.10. The van der Waals surface area contributed by atoms with E-state index in [1.807, 2.05) is 18.2 Å². The molecule has 0 saturated heterocycles. The Kier molecular flexibility index (Phi) is 2.93. The number of allylic oxidation sites excluding steroid dienone is 1. The molecule has 1 heterocycles. The van der Waals surface area contributed by atoms with E-state index in [2.05, 4.69) is 11.1 Å². The lowest BCUT2D eigenvalue weighted by Gasteiger charge is -2.19. The Balaban J connectivity index is 2.04. The molecule has 90 valence electrons. The number of benzene rings is 1. The van der Waals surface area contributed by atoms with Gasteiger partial charge >= 0.3 is 0 Å². The van der Waals surface area contributed by atoms with Gasteiger partial charge in [0, 0.05) is 12.4 Å². The molecule has 0 N–H and O–H groups in total. The van der Waals surface area contributed by atoms with Crippen LogP contribution in [0.2, 0.25) is 0 Å². The molecule has 2 aromatic rings. The summed E-state index contributed by atoms with van der Waals surface area (Å²) in [5.74, 6) is -0.140. The summed E-state index contributed by atoms with van der Waals surface area (Å²) in [6.07, 6.45) is 8.88. The first-order valence-corrected chi connectivity index (χ1v) is 6.22. The van der Waals surface area contributed by atoms with Crippen LogP contribution < -0.4 is 0 Å². The highest BCUT2D eigenvalue weighted by Gasteiger charge is 2.14. The molecular weight excluding hydrogens is 225 g/mol. The molecule has 0 spiro atoms. The average molecular weight is 239 g/mol. The van der Waals surface area contributed by atoms with Crippen molar-refractivity contribution in [2.75, 3.05) is 0 Å². The third kappa shape index (κ3) is 2.19. The molecule has 0 fully saturated rings. The van der Waals surface area contributed by atoms with Crippen LogP contribution >= 0.6 is 0 Å². The zero-order valence-electron chi connectivity index (χ0n) is 10.1. The van der Waals surface area contributed by atoms with Crippen molar-refractivity contribution in [1.29, 1.82) is 0 Å². The Morgan fingerprint density at radius 2 is 1.89 bits per heavy atom. The summed E-state index contributed by atoms with van der Waals surface area (Å²) in [4.78, 5) is 4.02. The van der Waals surface area contributed by atoms with Crippen molar-refractivity contribution in [2.45, 2.75) is 19.3 Å². The first-order valence-electron chi connectivity index (χ1n) is 6.22. The van der Waals surface area contributed by atoms with E-state index in [0.29, 0.717) is 0 Å². The Morgan fingerprint density at radius 1 is 1.06 bits per heavy atom. The molecule has 0 unspecified atom stereocenters. The number of aryl methyl sites for hydroxylation is 1. The summed E-state index contributed by atoms with van der Waals surface area (Å²) in [7, 11) is 0. The Hall–Kier alpha value is -1.96. The van der Waals surface area contributed by atoms with Gasteiger partial charge in [0.05, 0.1) is 0 Å². The molecule has 3 rings (SSSR count). The maximum atomic E-state index is 13.2. The smallest absolute Gasteiger partial charge is 0.123 e. The van der Waals surface area contributed by atoms with E-state index in [0.717, 1.165) is 30.4 Å². The number of halogens is 1. The summed E-state index contributed by atoms with van der Waals surface area (Å²) in [6.45, 7) is 0. The van der Waals surface area contributed by atoms with Gasteiger partial charge in [-0.25, -0.2) is 4.39 Å². The molecule has 0 saturated carbocycles. The summed E-state index contributed by atoms with van der Waals surface area (Å²) in [5.41, 5.74) is 4.76. The maximum Gasteiger partial charge on any atom is 0.123 e. The Bertz CT molecular complexity index is 587. The fourth-order valence-corrected chi connectivity index (χ4v) is 2.50. The second-order valence-corrected chi connectivity index (χ2v) is 4.61. The standard InChI is InChI=1S/C16H14FN/c17-15-4-5-16-13(2-1-3-14(16)11-15)10-12-6-8-18-9-7-12/h4-11H,1-3H2/b13-10+. The summed E-state index contributed by atoms with van der Waals surface area (Å²) >= 11 is 0. The van der Waals surface area contributed by atoms with Crippen molar-refractivity contribution in [1.82, 2.24) is 4.98 Å². The highest BCUT2D eigenvalue weighted by molar-refractivity contribution is 5.83. The van der Waals surface area contributed by atoms with Gasteiger partial charge in [0.15, 0.2) is 0 Å².